The summed E-state index contributed by atoms with van der Waals surface area (Å²) in [4.78, 5) is 22.5. The number of benzene rings is 3. The third kappa shape index (κ3) is 5.13. The molecule has 0 saturated heterocycles. The Kier molecular flexibility index (Phi) is 7.35. The van der Waals surface area contributed by atoms with Crippen LogP contribution in [0.25, 0.3) is 0 Å². The smallest absolute Gasteiger partial charge is 0.303 e. The van der Waals surface area contributed by atoms with Crippen LogP contribution < -0.4 is 10.6 Å². The van der Waals surface area contributed by atoms with E-state index in [-0.39, 0.29) is 18.7 Å². The van der Waals surface area contributed by atoms with Gasteiger partial charge in [-0.1, -0.05) is 91.0 Å². The minimum absolute atomic E-state index is 0.0173. The number of carbonyl (C=O) groups is 2. The standard InChI is InChI=1S/C25H26N2O3/c28-23(16-17-24(29)30)26-18-19-27-25(20-10-4-1-5-11-20,21-12-6-2-7-13-21)22-14-8-3-9-15-22/h1-15,27H,16-19H2,(H,26,28)(H,29,30). The van der Waals surface area contributed by atoms with E-state index in [4.69, 9.17) is 5.11 Å². The minimum Gasteiger partial charge on any atom is -0.481 e. The summed E-state index contributed by atoms with van der Waals surface area (Å²) in [6, 6.07) is 30.7. The van der Waals surface area contributed by atoms with Gasteiger partial charge in [0.1, 0.15) is 0 Å². The molecule has 0 aliphatic heterocycles. The maximum atomic E-state index is 11.9. The lowest BCUT2D eigenvalue weighted by atomic mass is 9.77. The number of carboxylic acid groups (broad SMARTS) is 1. The average molecular weight is 402 g/mol. The van der Waals surface area contributed by atoms with Gasteiger partial charge in [-0.25, -0.2) is 0 Å². The van der Waals surface area contributed by atoms with E-state index >= 15 is 0 Å². The Morgan fingerprint density at radius 2 is 1.10 bits per heavy atom. The van der Waals surface area contributed by atoms with Crippen molar-refractivity contribution in [3.8, 4) is 0 Å². The van der Waals surface area contributed by atoms with E-state index in [0.717, 1.165) is 16.7 Å². The summed E-state index contributed by atoms with van der Waals surface area (Å²) in [6.07, 6.45) is -0.183. The van der Waals surface area contributed by atoms with E-state index in [0.29, 0.717) is 13.1 Å². The zero-order valence-corrected chi connectivity index (χ0v) is 16.8. The van der Waals surface area contributed by atoms with Crippen molar-refractivity contribution in [3.63, 3.8) is 0 Å². The van der Waals surface area contributed by atoms with Gasteiger partial charge < -0.3 is 10.4 Å². The summed E-state index contributed by atoms with van der Waals surface area (Å²) in [6.45, 7) is 0.907. The highest BCUT2D eigenvalue weighted by Gasteiger charge is 2.35. The molecule has 154 valence electrons. The van der Waals surface area contributed by atoms with E-state index in [1.54, 1.807) is 0 Å². The van der Waals surface area contributed by atoms with Gasteiger partial charge in [0.25, 0.3) is 0 Å². The van der Waals surface area contributed by atoms with Gasteiger partial charge in [0.15, 0.2) is 0 Å². The molecule has 0 saturated carbocycles. The molecule has 0 aliphatic rings. The molecule has 3 aromatic rings. The van der Waals surface area contributed by atoms with E-state index in [9.17, 15) is 9.59 Å². The Balaban J connectivity index is 1.88. The van der Waals surface area contributed by atoms with Crippen LogP contribution in [0.5, 0.6) is 0 Å². The largest absolute Gasteiger partial charge is 0.481 e. The summed E-state index contributed by atoms with van der Waals surface area (Å²) in [7, 11) is 0. The van der Waals surface area contributed by atoms with Crippen LogP contribution in [0.3, 0.4) is 0 Å². The molecule has 0 unspecified atom stereocenters. The first kappa shape index (κ1) is 21.3. The molecule has 0 bridgehead atoms. The number of rotatable bonds is 10. The zero-order chi connectivity index (χ0) is 21.2. The summed E-state index contributed by atoms with van der Waals surface area (Å²) >= 11 is 0. The number of hydrogen-bond acceptors (Lipinski definition) is 3. The molecular weight excluding hydrogens is 376 g/mol. The molecule has 0 aliphatic carbocycles. The van der Waals surface area contributed by atoms with Crippen molar-refractivity contribution < 1.29 is 14.7 Å². The van der Waals surface area contributed by atoms with Gasteiger partial charge in [0.2, 0.25) is 5.91 Å². The highest BCUT2D eigenvalue weighted by Crippen LogP contribution is 2.36. The quantitative estimate of drug-likeness (QED) is 0.358. The van der Waals surface area contributed by atoms with Crippen LogP contribution in [-0.2, 0) is 15.1 Å². The van der Waals surface area contributed by atoms with Crippen molar-refractivity contribution >= 4 is 11.9 Å². The number of carbonyl (C=O) groups excluding carboxylic acids is 1. The predicted octanol–water partition coefficient (Wildman–Crippen LogP) is 3.55. The molecule has 30 heavy (non-hydrogen) atoms. The molecule has 0 spiro atoms. The van der Waals surface area contributed by atoms with Gasteiger partial charge in [0, 0.05) is 19.5 Å². The second kappa shape index (κ2) is 10.4. The van der Waals surface area contributed by atoms with Crippen molar-refractivity contribution in [1.82, 2.24) is 10.6 Å². The number of carboxylic acids is 1. The van der Waals surface area contributed by atoms with Crippen LogP contribution in [0.2, 0.25) is 0 Å². The topological polar surface area (TPSA) is 78.4 Å². The van der Waals surface area contributed by atoms with Crippen molar-refractivity contribution in [2.45, 2.75) is 18.4 Å². The Morgan fingerprint density at radius 1 is 0.667 bits per heavy atom. The number of aliphatic carboxylic acids is 1. The lowest BCUT2D eigenvalue weighted by Crippen LogP contribution is -2.47. The Hall–Kier alpha value is -3.44. The Bertz CT molecular complexity index is 847. The first-order valence-electron chi connectivity index (χ1n) is 10.0. The molecule has 5 nitrogen and oxygen atoms in total. The normalized spacial score (nSPS) is 11.1. The molecule has 0 atom stereocenters. The van der Waals surface area contributed by atoms with Crippen LogP contribution in [0.15, 0.2) is 91.0 Å². The van der Waals surface area contributed by atoms with Crippen LogP contribution in [0, 0.1) is 0 Å². The molecule has 0 heterocycles. The number of hydrogen-bond donors (Lipinski definition) is 3. The Labute approximate surface area is 176 Å². The molecule has 3 aromatic carbocycles. The highest BCUT2D eigenvalue weighted by molar-refractivity contribution is 5.80. The van der Waals surface area contributed by atoms with Crippen LogP contribution in [-0.4, -0.2) is 30.1 Å². The van der Waals surface area contributed by atoms with Crippen molar-refractivity contribution in [2.75, 3.05) is 13.1 Å². The maximum absolute atomic E-state index is 11.9. The summed E-state index contributed by atoms with van der Waals surface area (Å²) in [5.74, 6) is -1.23. The van der Waals surface area contributed by atoms with Crippen molar-refractivity contribution in [2.24, 2.45) is 0 Å². The second-order valence-corrected chi connectivity index (χ2v) is 7.02. The predicted molar refractivity (Wildman–Crippen MR) is 117 cm³/mol. The minimum atomic E-state index is -0.973. The fourth-order valence-corrected chi connectivity index (χ4v) is 3.63. The fraction of sp³-hybridized carbons (Fsp3) is 0.200. The van der Waals surface area contributed by atoms with Gasteiger partial charge in [-0.15, -0.1) is 0 Å². The van der Waals surface area contributed by atoms with Gasteiger partial charge in [-0.2, -0.15) is 0 Å². The number of amides is 1. The molecule has 0 radical (unpaired) electrons. The summed E-state index contributed by atoms with van der Waals surface area (Å²) < 4.78 is 0. The maximum Gasteiger partial charge on any atom is 0.303 e. The van der Waals surface area contributed by atoms with Gasteiger partial charge >= 0.3 is 5.97 Å². The third-order valence-corrected chi connectivity index (χ3v) is 5.02. The van der Waals surface area contributed by atoms with Gasteiger partial charge in [0.05, 0.1) is 12.0 Å². The van der Waals surface area contributed by atoms with Crippen LogP contribution >= 0.6 is 0 Å². The molecule has 1 amide bonds. The lowest BCUT2D eigenvalue weighted by Gasteiger charge is -2.37. The monoisotopic (exact) mass is 402 g/mol. The summed E-state index contributed by atoms with van der Waals surface area (Å²) in [5.41, 5.74) is 2.70. The molecular formula is C25H26N2O3. The van der Waals surface area contributed by atoms with Crippen LogP contribution in [0.4, 0.5) is 0 Å². The lowest BCUT2D eigenvalue weighted by molar-refractivity contribution is -0.138. The molecule has 3 rings (SSSR count). The molecule has 0 aromatic heterocycles. The fourth-order valence-electron chi connectivity index (χ4n) is 3.63. The number of nitrogens with one attached hydrogen (secondary N) is 2. The molecule has 3 N–H and O–H groups in total. The third-order valence-electron chi connectivity index (χ3n) is 5.02. The van der Waals surface area contributed by atoms with Gasteiger partial charge in [-0.05, 0) is 16.7 Å². The average Bonchev–Trinajstić information content (AvgIpc) is 2.80. The molecule has 0 fully saturated rings. The Morgan fingerprint density at radius 3 is 1.50 bits per heavy atom. The first-order valence-corrected chi connectivity index (χ1v) is 10.0. The SMILES string of the molecule is O=C(O)CCC(=O)NCCNC(c1ccccc1)(c1ccccc1)c1ccccc1. The van der Waals surface area contributed by atoms with E-state index in [1.807, 2.05) is 54.6 Å². The summed E-state index contributed by atoms with van der Waals surface area (Å²) in [5, 5.41) is 15.2. The van der Waals surface area contributed by atoms with Crippen molar-refractivity contribution in [1.29, 1.82) is 0 Å². The zero-order valence-electron chi connectivity index (χ0n) is 16.8. The molecule has 5 heteroatoms. The van der Waals surface area contributed by atoms with E-state index in [2.05, 4.69) is 47.0 Å². The van der Waals surface area contributed by atoms with Crippen molar-refractivity contribution in [3.05, 3.63) is 108 Å². The first-order chi connectivity index (χ1) is 14.6. The second-order valence-electron chi connectivity index (χ2n) is 7.02. The van der Waals surface area contributed by atoms with Crippen LogP contribution in [0.1, 0.15) is 29.5 Å². The van der Waals surface area contributed by atoms with Gasteiger partial charge in [-0.3, -0.25) is 14.9 Å². The highest BCUT2D eigenvalue weighted by atomic mass is 16.4. The van der Waals surface area contributed by atoms with E-state index in [1.165, 1.54) is 0 Å². The van der Waals surface area contributed by atoms with E-state index < -0.39 is 11.5 Å².